The molecule has 0 radical (unpaired) electrons. The Morgan fingerprint density at radius 2 is 2.44 bits per heavy atom. The van der Waals surface area contributed by atoms with Crippen molar-refractivity contribution in [3.63, 3.8) is 0 Å². The van der Waals surface area contributed by atoms with Gasteiger partial charge in [-0.1, -0.05) is 0 Å². The molecule has 2 aromatic heterocycles. The second-order valence-electron chi connectivity index (χ2n) is 4.50. The highest BCUT2D eigenvalue weighted by Gasteiger charge is 2.39. The number of anilines is 1. The third kappa shape index (κ3) is 1.83. The second kappa shape index (κ2) is 4.55. The summed E-state index contributed by atoms with van der Waals surface area (Å²) in [5.41, 5.74) is 6.97. The molecule has 3 atom stereocenters. The molecule has 0 bridgehead atoms. The van der Waals surface area contributed by atoms with Crippen molar-refractivity contribution < 1.29 is 4.74 Å². The minimum absolute atomic E-state index is 0.117. The van der Waals surface area contributed by atoms with Gasteiger partial charge in [0.2, 0.25) is 0 Å². The van der Waals surface area contributed by atoms with Crippen LogP contribution in [0.5, 0.6) is 0 Å². The van der Waals surface area contributed by atoms with Crippen molar-refractivity contribution in [2.24, 2.45) is 5.73 Å². The fourth-order valence-corrected chi connectivity index (χ4v) is 2.35. The fraction of sp³-hybridized carbons (Fsp3) is 0.500. The number of hydrogen-bond acceptors (Lipinski definition) is 5. The molecule has 18 heavy (non-hydrogen) atoms. The Hall–Kier alpha value is -1.66. The predicted molar refractivity (Wildman–Crippen MR) is 68.4 cm³/mol. The minimum Gasteiger partial charge on any atom is -0.376 e. The monoisotopic (exact) mass is 247 g/mol. The van der Waals surface area contributed by atoms with Gasteiger partial charge in [0.1, 0.15) is 5.52 Å². The highest BCUT2D eigenvalue weighted by Crippen LogP contribution is 2.26. The SMILES string of the molecule is CCOC1CC(N)C1Nc1nccn2nccc12. The maximum Gasteiger partial charge on any atom is 0.152 e. The molecule has 1 aliphatic carbocycles. The Labute approximate surface area is 105 Å². The van der Waals surface area contributed by atoms with Crippen LogP contribution in [0.1, 0.15) is 13.3 Å². The van der Waals surface area contributed by atoms with Crippen LogP contribution >= 0.6 is 0 Å². The van der Waals surface area contributed by atoms with Gasteiger partial charge < -0.3 is 15.8 Å². The van der Waals surface area contributed by atoms with Crippen LogP contribution in [0.25, 0.3) is 5.52 Å². The summed E-state index contributed by atoms with van der Waals surface area (Å²) in [5, 5.41) is 7.55. The number of aromatic nitrogens is 3. The van der Waals surface area contributed by atoms with E-state index in [1.54, 1.807) is 16.9 Å². The number of nitrogens with zero attached hydrogens (tertiary/aromatic N) is 3. The third-order valence-corrected chi connectivity index (χ3v) is 3.37. The molecule has 1 fully saturated rings. The highest BCUT2D eigenvalue weighted by atomic mass is 16.5. The quantitative estimate of drug-likeness (QED) is 0.829. The van der Waals surface area contributed by atoms with Crippen LogP contribution in [-0.2, 0) is 4.74 Å². The van der Waals surface area contributed by atoms with Crippen LogP contribution in [-0.4, -0.2) is 39.4 Å². The molecule has 6 nitrogen and oxygen atoms in total. The molecule has 3 rings (SSSR count). The summed E-state index contributed by atoms with van der Waals surface area (Å²) >= 11 is 0. The highest BCUT2D eigenvalue weighted by molar-refractivity contribution is 5.67. The van der Waals surface area contributed by atoms with Crippen LogP contribution in [0, 0.1) is 0 Å². The van der Waals surface area contributed by atoms with E-state index in [1.807, 2.05) is 19.2 Å². The van der Waals surface area contributed by atoms with Crippen molar-refractivity contribution >= 4 is 11.3 Å². The van der Waals surface area contributed by atoms with Gasteiger partial charge in [-0.15, -0.1) is 0 Å². The summed E-state index contributed by atoms with van der Waals surface area (Å²) in [6, 6.07) is 2.17. The Morgan fingerprint density at radius 3 is 3.22 bits per heavy atom. The van der Waals surface area contributed by atoms with Crippen LogP contribution in [0.4, 0.5) is 5.82 Å². The van der Waals surface area contributed by atoms with Gasteiger partial charge in [-0.2, -0.15) is 5.10 Å². The second-order valence-corrected chi connectivity index (χ2v) is 4.50. The first kappa shape index (κ1) is 11.4. The molecule has 0 saturated heterocycles. The maximum atomic E-state index is 6.02. The van der Waals surface area contributed by atoms with Crippen LogP contribution in [0.15, 0.2) is 24.7 Å². The summed E-state index contributed by atoms with van der Waals surface area (Å²) in [7, 11) is 0. The van der Waals surface area contributed by atoms with Crippen molar-refractivity contribution in [3.8, 4) is 0 Å². The molecule has 2 heterocycles. The van der Waals surface area contributed by atoms with Crippen molar-refractivity contribution in [2.75, 3.05) is 11.9 Å². The van der Waals surface area contributed by atoms with Gasteiger partial charge in [0.05, 0.1) is 18.3 Å². The van der Waals surface area contributed by atoms with E-state index in [9.17, 15) is 0 Å². The van der Waals surface area contributed by atoms with Crippen molar-refractivity contribution in [1.29, 1.82) is 0 Å². The lowest BCUT2D eigenvalue weighted by molar-refractivity contribution is -0.0126. The normalized spacial score (nSPS) is 27.1. The zero-order valence-electron chi connectivity index (χ0n) is 10.3. The molecular weight excluding hydrogens is 230 g/mol. The molecule has 0 aromatic carbocycles. The van der Waals surface area contributed by atoms with Gasteiger partial charge >= 0.3 is 0 Å². The van der Waals surface area contributed by atoms with E-state index < -0.39 is 0 Å². The predicted octanol–water partition coefficient (Wildman–Crippen LogP) is 0.646. The van der Waals surface area contributed by atoms with Crippen LogP contribution < -0.4 is 11.1 Å². The summed E-state index contributed by atoms with van der Waals surface area (Å²) in [5.74, 6) is 0.805. The Balaban J connectivity index is 1.81. The number of nitrogens with two attached hydrogens (primary N) is 1. The van der Waals surface area contributed by atoms with Gasteiger partial charge in [0, 0.05) is 25.0 Å². The molecule has 1 aliphatic rings. The number of rotatable bonds is 4. The summed E-state index contributed by atoms with van der Waals surface area (Å²) < 4.78 is 7.42. The van der Waals surface area contributed by atoms with E-state index in [0.717, 1.165) is 17.8 Å². The Bertz CT molecular complexity index is 538. The summed E-state index contributed by atoms with van der Waals surface area (Å²) in [6.07, 6.45) is 6.37. The maximum absolute atomic E-state index is 6.02. The molecule has 0 aliphatic heterocycles. The lowest BCUT2D eigenvalue weighted by atomic mass is 9.83. The minimum atomic E-state index is 0.117. The number of fused-ring (bicyclic) bond motifs is 1. The lowest BCUT2D eigenvalue weighted by Crippen LogP contribution is -2.60. The molecule has 0 amide bonds. The largest absolute Gasteiger partial charge is 0.376 e. The van der Waals surface area contributed by atoms with Gasteiger partial charge in [0.25, 0.3) is 0 Å². The molecular formula is C12H17N5O. The molecule has 0 spiro atoms. The molecule has 3 N–H and O–H groups in total. The van der Waals surface area contributed by atoms with Crippen molar-refractivity contribution in [1.82, 2.24) is 14.6 Å². The van der Waals surface area contributed by atoms with Crippen molar-refractivity contribution in [2.45, 2.75) is 31.5 Å². The average molecular weight is 247 g/mol. The number of ether oxygens (including phenoxy) is 1. The topological polar surface area (TPSA) is 77.5 Å². The smallest absolute Gasteiger partial charge is 0.152 e. The first-order chi connectivity index (χ1) is 8.79. The molecule has 3 unspecified atom stereocenters. The van der Waals surface area contributed by atoms with Gasteiger partial charge in [0.15, 0.2) is 5.82 Å². The Morgan fingerprint density at radius 1 is 1.56 bits per heavy atom. The number of nitrogens with one attached hydrogen (secondary N) is 1. The van der Waals surface area contributed by atoms with E-state index in [1.165, 1.54) is 0 Å². The lowest BCUT2D eigenvalue weighted by Gasteiger charge is -2.42. The van der Waals surface area contributed by atoms with Gasteiger partial charge in [-0.3, -0.25) is 0 Å². The average Bonchev–Trinajstić information content (AvgIpc) is 2.84. The molecule has 96 valence electrons. The van der Waals surface area contributed by atoms with E-state index in [4.69, 9.17) is 10.5 Å². The van der Waals surface area contributed by atoms with Crippen molar-refractivity contribution in [3.05, 3.63) is 24.7 Å². The zero-order valence-corrected chi connectivity index (χ0v) is 10.3. The fourth-order valence-electron chi connectivity index (χ4n) is 2.35. The summed E-state index contributed by atoms with van der Waals surface area (Å²) in [6.45, 7) is 2.71. The molecule has 1 saturated carbocycles. The first-order valence-electron chi connectivity index (χ1n) is 6.21. The van der Waals surface area contributed by atoms with E-state index in [2.05, 4.69) is 15.4 Å². The van der Waals surface area contributed by atoms with E-state index >= 15 is 0 Å². The van der Waals surface area contributed by atoms with Crippen LogP contribution in [0.2, 0.25) is 0 Å². The third-order valence-electron chi connectivity index (χ3n) is 3.37. The first-order valence-corrected chi connectivity index (χ1v) is 6.21. The molecule has 6 heteroatoms. The van der Waals surface area contributed by atoms with Gasteiger partial charge in [-0.25, -0.2) is 9.50 Å². The molecule has 2 aromatic rings. The zero-order chi connectivity index (χ0) is 12.5. The Kier molecular flexibility index (Phi) is 2.89. The summed E-state index contributed by atoms with van der Waals surface area (Å²) in [4.78, 5) is 4.35. The van der Waals surface area contributed by atoms with Gasteiger partial charge in [-0.05, 0) is 19.4 Å². The van der Waals surface area contributed by atoms with Crippen LogP contribution in [0.3, 0.4) is 0 Å². The van der Waals surface area contributed by atoms with E-state index in [0.29, 0.717) is 6.61 Å². The standard InChI is InChI=1S/C12H17N5O/c1-2-18-10-7-8(13)11(10)16-12-9-3-4-15-17(9)6-5-14-12/h3-6,8,10-11H,2,7,13H2,1H3,(H,14,16). The number of hydrogen-bond donors (Lipinski definition) is 2. The van der Waals surface area contributed by atoms with E-state index in [-0.39, 0.29) is 18.2 Å².